The van der Waals surface area contributed by atoms with Gasteiger partial charge in [0.25, 0.3) is 0 Å². The Morgan fingerprint density at radius 2 is 2.00 bits per heavy atom. The minimum atomic E-state index is -0.494. The number of pyridine rings is 1. The summed E-state index contributed by atoms with van der Waals surface area (Å²) < 4.78 is 12.1. The van der Waals surface area contributed by atoms with E-state index in [0.29, 0.717) is 23.8 Å². The number of carbonyl (C=O) groups is 1. The van der Waals surface area contributed by atoms with Crippen molar-refractivity contribution in [1.82, 2.24) is 9.30 Å². The predicted molar refractivity (Wildman–Crippen MR) is 113 cm³/mol. The fraction of sp³-hybridized carbons (Fsp3) is 0.409. The van der Waals surface area contributed by atoms with Crippen LogP contribution in [0.15, 0.2) is 42.6 Å². The van der Waals surface area contributed by atoms with Crippen LogP contribution in [-0.2, 0) is 9.47 Å². The number of likely N-dealkylation sites (tertiary alicyclic amines) is 1. The van der Waals surface area contributed by atoms with E-state index >= 15 is 0 Å². The Hall–Kier alpha value is -2.93. The molecule has 0 bridgehead atoms. The van der Waals surface area contributed by atoms with Crippen LogP contribution in [0, 0.1) is 16.7 Å². The minimum absolute atomic E-state index is 0.0168. The molecule has 2 aromatic rings. The maximum atomic E-state index is 12.1. The van der Waals surface area contributed by atoms with Gasteiger partial charge in [0.2, 0.25) is 5.90 Å². The number of piperidine rings is 1. The maximum absolute atomic E-state index is 12.1. The Labute approximate surface area is 170 Å². The number of carbonyl (C=O) groups excluding carboxylic acids is 1. The number of esters is 1. The summed E-state index contributed by atoms with van der Waals surface area (Å²) in [6, 6.07) is 7.27. The molecule has 0 unspecified atom stereocenters. The van der Waals surface area contributed by atoms with E-state index in [1.807, 2.05) is 18.2 Å². The molecule has 29 heavy (non-hydrogen) atoms. The second kappa shape index (κ2) is 9.52. The summed E-state index contributed by atoms with van der Waals surface area (Å²) in [7, 11) is 3.46. The Morgan fingerprint density at radius 1 is 1.24 bits per heavy atom. The predicted octanol–water partition coefficient (Wildman–Crippen LogP) is 3.38. The number of hydrogen-bond acceptors (Lipinski definition) is 6. The maximum Gasteiger partial charge on any atom is 0.340 e. The summed E-state index contributed by atoms with van der Waals surface area (Å²) in [5.74, 6) is 0.172. The molecule has 7 nitrogen and oxygen atoms in total. The summed E-state index contributed by atoms with van der Waals surface area (Å²) in [4.78, 5) is 14.5. The Balaban J connectivity index is 1.61. The number of allylic oxidation sites excluding steroid dienone is 1. The van der Waals surface area contributed by atoms with Gasteiger partial charge in [0.1, 0.15) is 0 Å². The van der Waals surface area contributed by atoms with E-state index in [1.165, 1.54) is 32.1 Å². The van der Waals surface area contributed by atoms with Crippen LogP contribution in [0.4, 0.5) is 0 Å². The van der Waals surface area contributed by atoms with Gasteiger partial charge in [0, 0.05) is 17.8 Å². The second-order valence-electron chi connectivity index (χ2n) is 7.39. The highest BCUT2D eigenvalue weighted by Gasteiger charge is 2.20. The van der Waals surface area contributed by atoms with Crippen molar-refractivity contribution in [3.8, 4) is 0 Å². The van der Waals surface area contributed by atoms with Gasteiger partial charge in [-0.25, -0.2) is 4.79 Å². The lowest BCUT2D eigenvalue weighted by Crippen LogP contribution is -2.30. The molecule has 0 amide bonds. The van der Waals surface area contributed by atoms with E-state index in [1.54, 1.807) is 16.7 Å². The third-order valence-corrected chi connectivity index (χ3v) is 5.36. The lowest BCUT2D eigenvalue weighted by Gasteiger charge is -2.28. The SMILES string of the molecule is COC(=O)c1cc2ccccn2c1C(=N)/C=C\C(=N)OCCC1CCN(C)CC1. The molecule has 3 rings (SSSR count). The van der Waals surface area contributed by atoms with E-state index in [-0.39, 0.29) is 11.6 Å². The molecule has 3 heterocycles. The topological polar surface area (TPSA) is 90.9 Å². The van der Waals surface area contributed by atoms with Gasteiger partial charge in [0.05, 0.1) is 30.7 Å². The number of aromatic nitrogens is 1. The largest absolute Gasteiger partial charge is 0.478 e. The molecule has 2 N–H and O–H groups in total. The highest BCUT2D eigenvalue weighted by Crippen LogP contribution is 2.20. The van der Waals surface area contributed by atoms with Crippen LogP contribution in [0.1, 0.15) is 35.3 Å². The number of fused-ring (bicyclic) bond motifs is 1. The van der Waals surface area contributed by atoms with Gasteiger partial charge in [-0.05, 0) is 69.6 Å². The third-order valence-electron chi connectivity index (χ3n) is 5.36. The first-order valence-electron chi connectivity index (χ1n) is 9.85. The molecular weight excluding hydrogens is 368 g/mol. The fourth-order valence-electron chi connectivity index (χ4n) is 3.64. The Kier molecular flexibility index (Phi) is 6.82. The lowest BCUT2D eigenvalue weighted by atomic mass is 9.94. The van der Waals surface area contributed by atoms with Gasteiger partial charge in [-0.1, -0.05) is 6.07 Å². The quantitative estimate of drug-likeness (QED) is 0.426. The molecule has 0 saturated carbocycles. The van der Waals surface area contributed by atoms with Crippen molar-refractivity contribution in [1.29, 1.82) is 10.8 Å². The van der Waals surface area contributed by atoms with E-state index in [9.17, 15) is 4.79 Å². The summed E-state index contributed by atoms with van der Waals surface area (Å²) in [6.45, 7) is 2.74. The molecule has 1 aliphatic rings. The molecule has 0 atom stereocenters. The van der Waals surface area contributed by atoms with Crippen molar-refractivity contribution in [2.45, 2.75) is 19.3 Å². The Morgan fingerprint density at radius 3 is 2.72 bits per heavy atom. The average molecular weight is 396 g/mol. The summed E-state index contributed by atoms with van der Waals surface area (Å²) in [6.07, 6.45) is 8.02. The third kappa shape index (κ3) is 5.12. The van der Waals surface area contributed by atoms with Crippen LogP contribution in [0.2, 0.25) is 0 Å². The minimum Gasteiger partial charge on any atom is -0.478 e. The Bertz CT molecular complexity index is 923. The first-order chi connectivity index (χ1) is 14.0. The van der Waals surface area contributed by atoms with E-state index in [0.717, 1.165) is 25.0 Å². The number of ether oxygens (including phenoxy) is 2. The number of nitrogens with zero attached hydrogens (tertiary/aromatic N) is 2. The zero-order chi connectivity index (χ0) is 20.8. The number of nitrogens with one attached hydrogen (secondary N) is 2. The molecule has 0 aromatic carbocycles. The van der Waals surface area contributed by atoms with Crippen LogP contribution in [0.25, 0.3) is 5.52 Å². The van der Waals surface area contributed by atoms with Gasteiger partial charge in [-0.3, -0.25) is 10.8 Å². The normalized spacial score (nSPS) is 15.7. The monoisotopic (exact) mass is 396 g/mol. The molecule has 7 heteroatoms. The second-order valence-corrected chi connectivity index (χ2v) is 7.39. The van der Waals surface area contributed by atoms with Crippen LogP contribution in [0.5, 0.6) is 0 Å². The van der Waals surface area contributed by atoms with E-state index in [4.69, 9.17) is 20.3 Å². The van der Waals surface area contributed by atoms with Crippen LogP contribution >= 0.6 is 0 Å². The summed E-state index contributed by atoms with van der Waals surface area (Å²) in [5, 5.41) is 16.4. The average Bonchev–Trinajstić information content (AvgIpc) is 3.12. The van der Waals surface area contributed by atoms with Crippen molar-refractivity contribution >= 4 is 23.1 Å². The van der Waals surface area contributed by atoms with Crippen LogP contribution < -0.4 is 0 Å². The van der Waals surface area contributed by atoms with Gasteiger partial charge < -0.3 is 18.8 Å². The molecular formula is C22H28N4O3. The van der Waals surface area contributed by atoms with Crippen molar-refractivity contribution in [3.05, 3.63) is 53.9 Å². The van der Waals surface area contributed by atoms with Crippen LogP contribution in [-0.4, -0.2) is 60.7 Å². The van der Waals surface area contributed by atoms with Gasteiger partial charge in [-0.2, -0.15) is 0 Å². The van der Waals surface area contributed by atoms with Crippen molar-refractivity contribution < 1.29 is 14.3 Å². The molecule has 1 fully saturated rings. The number of rotatable bonds is 7. The molecule has 1 aliphatic heterocycles. The molecule has 1 saturated heterocycles. The highest BCUT2D eigenvalue weighted by molar-refractivity contribution is 6.14. The summed E-state index contributed by atoms with van der Waals surface area (Å²) in [5.41, 5.74) is 1.66. The smallest absolute Gasteiger partial charge is 0.340 e. The zero-order valence-electron chi connectivity index (χ0n) is 17.0. The fourth-order valence-corrected chi connectivity index (χ4v) is 3.64. The molecule has 2 aromatic heterocycles. The van der Waals surface area contributed by atoms with Gasteiger partial charge in [0.15, 0.2) is 0 Å². The highest BCUT2D eigenvalue weighted by atomic mass is 16.5. The molecule has 0 radical (unpaired) electrons. The van der Waals surface area contributed by atoms with Gasteiger partial charge in [-0.15, -0.1) is 0 Å². The number of hydrogen-bond donors (Lipinski definition) is 2. The first-order valence-corrected chi connectivity index (χ1v) is 9.85. The van der Waals surface area contributed by atoms with Crippen molar-refractivity contribution in [3.63, 3.8) is 0 Å². The number of methoxy groups -OCH3 is 1. The van der Waals surface area contributed by atoms with Gasteiger partial charge >= 0.3 is 5.97 Å². The summed E-state index contributed by atoms with van der Waals surface area (Å²) >= 11 is 0. The standard InChI is InChI=1S/C22H28N4O3/c1-25-12-8-16(9-13-25)10-14-29-20(24)7-6-19(23)21-18(22(27)28-2)15-17-5-3-4-11-26(17)21/h3-7,11,15-16,23-24H,8-10,12-14H2,1-2H3/b7-6-,23-19?,24-20?. The molecule has 154 valence electrons. The lowest BCUT2D eigenvalue weighted by molar-refractivity contribution is 0.0600. The molecule has 0 aliphatic carbocycles. The van der Waals surface area contributed by atoms with Crippen molar-refractivity contribution in [2.24, 2.45) is 5.92 Å². The zero-order valence-corrected chi connectivity index (χ0v) is 17.0. The molecule has 0 spiro atoms. The van der Waals surface area contributed by atoms with E-state index in [2.05, 4.69) is 11.9 Å². The van der Waals surface area contributed by atoms with Crippen molar-refractivity contribution in [2.75, 3.05) is 33.9 Å². The van der Waals surface area contributed by atoms with Crippen LogP contribution in [0.3, 0.4) is 0 Å². The first kappa shape index (κ1) is 20.8. The van der Waals surface area contributed by atoms with E-state index < -0.39 is 5.97 Å².